The molecule has 2 heterocycles. The van der Waals surface area contributed by atoms with Crippen molar-refractivity contribution in [3.05, 3.63) is 23.2 Å². The van der Waals surface area contributed by atoms with Crippen molar-refractivity contribution in [1.82, 2.24) is 9.90 Å². The Morgan fingerprint density at radius 1 is 1.79 bits per heavy atom. The summed E-state index contributed by atoms with van der Waals surface area (Å²) in [6, 6.07) is 0. The molecule has 0 fully saturated rings. The van der Waals surface area contributed by atoms with Gasteiger partial charge in [0.25, 0.3) is 4.83 Å². The molecule has 0 saturated heterocycles. The summed E-state index contributed by atoms with van der Waals surface area (Å²) in [5.74, 6) is -0.413. The molecule has 0 aliphatic heterocycles. The molecule has 0 bridgehead atoms. The average Bonchev–Trinajstić information content (AvgIpc) is 2.72. The molecule has 74 valence electrons. The number of ether oxygens (including phenoxy) is 1. The largest absolute Gasteiger partial charge is 0.614 e. The van der Waals surface area contributed by atoms with Crippen LogP contribution >= 0.6 is 11.3 Å². The minimum Gasteiger partial charge on any atom is -0.614 e. The first-order valence-corrected chi connectivity index (χ1v) is 4.87. The van der Waals surface area contributed by atoms with Gasteiger partial charge in [0, 0.05) is 12.3 Å². The molecule has 6 heteroatoms. The van der Waals surface area contributed by atoms with Crippen molar-refractivity contribution in [2.75, 3.05) is 7.11 Å². The van der Waals surface area contributed by atoms with Crippen LogP contribution in [-0.4, -0.2) is 17.0 Å². The second-order valence-electron chi connectivity index (χ2n) is 2.72. The van der Waals surface area contributed by atoms with Gasteiger partial charge in [-0.1, -0.05) is 15.9 Å². The Balaban J connectivity index is 2.53. The molecule has 0 amide bonds. The Hall–Kier alpha value is -1.56. The van der Waals surface area contributed by atoms with Crippen LogP contribution in [0.15, 0.2) is 17.5 Å². The van der Waals surface area contributed by atoms with Crippen LogP contribution < -0.4 is 9.62 Å². The minimum absolute atomic E-state index is 0.413. The number of thiazole rings is 1. The monoisotopic (exact) mass is 211 g/mol. The maximum absolute atomic E-state index is 11.0. The van der Waals surface area contributed by atoms with Gasteiger partial charge in [0.05, 0.1) is 5.95 Å². The zero-order chi connectivity index (χ0) is 10.1. The van der Waals surface area contributed by atoms with Gasteiger partial charge in [0.1, 0.15) is 17.6 Å². The van der Waals surface area contributed by atoms with E-state index in [0.29, 0.717) is 0 Å². The number of rotatable bonds is 2. The average molecular weight is 211 g/mol. The lowest BCUT2D eigenvalue weighted by Crippen LogP contribution is -2.20. The van der Waals surface area contributed by atoms with Gasteiger partial charge in [-0.05, 0) is 7.11 Å². The lowest BCUT2D eigenvalue weighted by molar-refractivity contribution is -0.579. The van der Waals surface area contributed by atoms with Gasteiger partial charge in [-0.2, -0.15) is 0 Å². The number of hydrogen-bond donors (Lipinski definition) is 0. The second kappa shape index (κ2) is 3.30. The fourth-order valence-electron chi connectivity index (χ4n) is 1.14. The number of hydrogen-bond acceptors (Lipinski definition) is 4. The van der Waals surface area contributed by atoms with Crippen LogP contribution in [0.2, 0.25) is 0 Å². The van der Waals surface area contributed by atoms with E-state index in [4.69, 9.17) is 0 Å². The smallest absolute Gasteiger partial charge is 0.254 e. The van der Waals surface area contributed by atoms with E-state index in [1.165, 1.54) is 18.0 Å². The molecule has 0 saturated carbocycles. The highest BCUT2D eigenvalue weighted by Crippen LogP contribution is 2.10. The van der Waals surface area contributed by atoms with E-state index < -0.39 is 5.95 Å². The van der Waals surface area contributed by atoms with Gasteiger partial charge in [0.2, 0.25) is 0 Å². The molecule has 0 aromatic carbocycles. The Kier molecular flexibility index (Phi) is 2.12. The van der Waals surface area contributed by atoms with Crippen molar-refractivity contribution in [3.8, 4) is 0 Å². The van der Waals surface area contributed by atoms with Gasteiger partial charge < -0.3 is 9.84 Å². The molecular weight excluding hydrogens is 202 g/mol. The summed E-state index contributed by atoms with van der Waals surface area (Å²) < 4.78 is 7.75. The molecule has 0 atom stereocenters. The van der Waals surface area contributed by atoms with E-state index >= 15 is 0 Å². The molecule has 2 aromatic rings. The minimum atomic E-state index is -0.413. The summed E-state index contributed by atoms with van der Waals surface area (Å²) in [5.41, 5.74) is 0.922. The third kappa shape index (κ3) is 1.33. The van der Waals surface area contributed by atoms with E-state index in [9.17, 15) is 5.11 Å². The van der Waals surface area contributed by atoms with E-state index in [1.807, 2.05) is 18.5 Å². The van der Waals surface area contributed by atoms with Crippen molar-refractivity contribution >= 4 is 22.4 Å². The van der Waals surface area contributed by atoms with Gasteiger partial charge in [-0.15, -0.1) is 4.68 Å². The first kappa shape index (κ1) is 9.01. The number of nitrogens with zero attached hydrogens (tertiary/aromatic N) is 3. The summed E-state index contributed by atoms with van der Waals surface area (Å²) in [6.07, 6.45) is 3.16. The Bertz CT molecular complexity index is 486. The second-order valence-corrected chi connectivity index (χ2v) is 3.62. The summed E-state index contributed by atoms with van der Waals surface area (Å²) in [6.45, 7) is 1.90. The Morgan fingerprint density at radius 3 is 3.21 bits per heavy atom. The Labute approximate surface area is 84.5 Å². The molecule has 14 heavy (non-hydrogen) atoms. The summed E-state index contributed by atoms with van der Waals surface area (Å²) in [5, 5.41) is 17.1. The maximum atomic E-state index is 11.0. The summed E-state index contributed by atoms with van der Waals surface area (Å²) in [7, 11) is 1.34. The predicted molar refractivity (Wildman–Crippen MR) is 49.3 cm³/mol. The normalized spacial score (nSPS) is 12.3. The zero-order valence-electron chi connectivity index (χ0n) is 7.80. The van der Waals surface area contributed by atoms with Crippen LogP contribution in [0.4, 0.5) is 0 Å². The van der Waals surface area contributed by atoms with Crippen molar-refractivity contribution in [2.45, 2.75) is 6.92 Å². The zero-order valence-corrected chi connectivity index (χ0v) is 8.61. The summed E-state index contributed by atoms with van der Waals surface area (Å²) in [4.78, 5) is 1.02. The molecule has 2 aromatic heterocycles. The number of fused-ring (bicyclic) bond motifs is 1. The molecule has 0 spiro atoms. The lowest BCUT2D eigenvalue weighted by Gasteiger charge is -2.04. The quantitative estimate of drug-likeness (QED) is 0.508. The molecule has 2 rings (SSSR count). The third-order valence-corrected chi connectivity index (χ3v) is 2.83. The molecule has 0 aliphatic carbocycles. The van der Waals surface area contributed by atoms with Gasteiger partial charge >= 0.3 is 0 Å². The van der Waals surface area contributed by atoms with Crippen LogP contribution in [0.3, 0.4) is 0 Å². The van der Waals surface area contributed by atoms with Crippen LogP contribution in [0.1, 0.15) is 5.69 Å². The molecule has 0 N–H and O–H groups in total. The highest BCUT2D eigenvalue weighted by molar-refractivity contribution is 7.15. The fraction of sp³-hybridized carbons (Fsp3) is 0.250. The van der Waals surface area contributed by atoms with Crippen molar-refractivity contribution < 1.29 is 14.4 Å². The van der Waals surface area contributed by atoms with E-state index in [2.05, 4.69) is 9.95 Å². The number of methoxy groups -OCH3 is 1. The van der Waals surface area contributed by atoms with Crippen molar-refractivity contribution in [2.24, 2.45) is 0 Å². The van der Waals surface area contributed by atoms with Gasteiger partial charge in [0.15, 0.2) is 5.69 Å². The summed E-state index contributed by atoms with van der Waals surface area (Å²) >= 11 is 1.58. The van der Waals surface area contributed by atoms with E-state index in [0.717, 1.165) is 10.5 Å². The van der Waals surface area contributed by atoms with Crippen molar-refractivity contribution in [1.29, 1.82) is 0 Å². The Morgan fingerprint density at radius 2 is 2.57 bits per heavy atom. The standard InChI is InChI=1S/C8H9N3O2S/c1-6-8-10(3-4-14-8)9-11(6)5-7(12)13-2/h3-5H,1-2H3. The molecule has 0 aliphatic rings. The third-order valence-electron chi connectivity index (χ3n) is 1.86. The first-order valence-electron chi connectivity index (χ1n) is 3.99. The lowest BCUT2D eigenvalue weighted by atomic mass is 10.5. The number of aryl methyl sites for hydroxylation is 1. The maximum Gasteiger partial charge on any atom is 0.254 e. The fourth-order valence-corrected chi connectivity index (χ4v) is 1.91. The van der Waals surface area contributed by atoms with Gasteiger partial charge in [-0.25, -0.2) is 0 Å². The predicted octanol–water partition coefficient (Wildman–Crippen LogP) is -0.246. The van der Waals surface area contributed by atoms with E-state index in [1.54, 1.807) is 15.9 Å². The van der Waals surface area contributed by atoms with Gasteiger partial charge in [-0.3, -0.25) is 0 Å². The SMILES string of the molecule is CO/C([O-])=C/n1n[n+]2ccsc2c1C. The van der Waals surface area contributed by atoms with Crippen molar-refractivity contribution in [3.63, 3.8) is 0 Å². The highest BCUT2D eigenvalue weighted by atomic mass is 32.1. The van der Waals surface area contributed by atoms with E-state index in [-0.39, 0.29) is 0 Å². The molecular formula is C8H9N3O2S. The molecule has 5 nitrogen and oxygen atoms in total. The topological polar surface area (TPSA) is 54.2 Å². The molecule has 0 unspecified atom stereocenters. The highest BCUT2D eigenvalue weighted by Gasteiger charge is 2.14. The molecule has 0 radical (unpaired) electrons. The number of aromatic nitrogens is 3. The van der Waals surface area contributed by atoms with Crippen LogP contribution in [0, 0.1) is 6.92 Å². The van der Waals surface area contributed by atoms with Crippen LogP contribution in [0.5, 0.6) is 0 Å². The van der Waals surface area contributed by atoms with Crippen LogP contribution in [0.25, 0.3) is 11.0 Å². The first-order chi connectivity index (χ1) is 6.72. The van der Waals surface area contributed by atoms with Crippen LogP contribution in [-0.2, 0) is 4.74 Å².